The van der Waals surface area contributed by atoms with Crippen molar-refractivity contribution in [2.75, 3.05) is 20.3 Å². The topological polar surface area (TPSA) is 127 Å². The number of halogens is 4. The minimum atomic E-state index is -4.68. The van der Waals surface area contributed by atoms with Crippen LogP contribution < -0.4 is 9.46 Å². The quantitative estimate of drug-likeness (QED) is 0.364. The van der Waals surface area contributed by atoms with Gasteiger partial charge in [0.05, 0.1) is 37.0 Å². The van der Waals surface area contributed by atoms with E-state index < -0.39 is 57.4 Å². The van der Waals surface area contributed by atoms with Crippen LogP contribution >= 0.6 is 11.6 Å². The SMILES string of the molecule is COCCOC1(C)CCC(NS(=O)(=O)N(Cc2ccccc2)C(=O)O)C(Oc2ncc(C(F)(F)F)cc2Cl)C1. The normalized spacial score (nSPS) is 21.9. The van der Waals surface area contributed by atoms with Crippen molar-refractivity contribution in [1.29, 1.82) is 0 Å². The van der Waals surface area contributed by atoms with E-state index in [9.17, 15) is 31.5 Å². The van der Waals surface area contributed by atoms with Gasteiger partial charge in [0.1, 0.15) is 11.1 Å². The summed E-state index contributed by atoms with van der Waals surface area (Å²) in [7, 11) is -3.09. The third-order valence-electron chi connectivity index (χ3n) is 6.17. The molecular weight excluding hydrogens is 567 g/mol. The molecule has 0 saturated heterocycles. The second kappa shape index (κ2) is 12.7. The number of hydrogen-bond acceptors (Lipinski definition) is 7. The molecule has 1 aromatic heterocycles. The maximum absolute atomic E-state index is 13.2. The molecule has 1 heterocycles. The molecule has 1 fully saturated rings. The smallest absolute Gasteiger partial charge is 0.422 e. The Morgan fingerprint density at radius 3 is 2.56 bits per heavy atom. The zero-order valence-electron chi connectivity index (χ0n) is 21.2. The van der Waals surface area contributed by atoms with Crippen molar-refractivity contribution in [3.8, 4) is 5.88 Å². The van der Waals surface area contributed by atoms with Crippen molar-refractivity contribution in [2.24, 2.45) is 0 Å². The maximum atomic E-state index is 13.2. The number of rotatable bonds is 11. The summed E-state index contributed by atoms with van der Waals surface area (Å²) in [6.07, 6.45) is -6.22. The van der Waals surface area contributed by atoms with Crippen LogP contribution in [0.25, 0.3) is 0 Å². The second-order valence-corrected chi connectivity index (χ2v) is 11.2. The molecule has 1 aromatic carbocycles. The lowest BCUT2D eigenvalue weighted by molar-refractivity contribution is -0.137. The molecule has 1 saturated carbocycles. The van der Waals surface area contributed by atoms with Gasteiger partial charge in [-0.25, -0.2) is 9.78 Å². The maximum Gasteiger partial charge on any atom is 0.422 e. The molecule has 1 aliphatic carbocycles. The van der Waals surface area contributed by atoms with Crippen LogP contribution in [0.4, 0.5) is 18.0 Å². The monoisotopic (exact) mass is 595 g/mol. The fourth-order valence-electron chi connectivity index (χ4n) is 4.15. The van der Waals surface area contributed by atoms with Crippen molar-refractivity contribution in [1.82, 2.24) is 14.0 Å². The van der Waals surface area contributed by atoms with Gasteiger partial charge < -0.3 is 19.3 Å². The summed E-state index contributed by atoms with van der Waals surface area (Å²) in [5, 5.41) is 9.24. The summed E-state index contributed by atoms with van der Waals surface area (Å²) in [4.78, 5) is 15.6. The molecule has 0 bridgehead atoms. The molecule has 0 aliphatic heterocycles. The van der Waals surface area contributed by atoms with Crippen molar-refractivity contribution in [2.45, 2.75) is 56.7 Å². The fourth-order valence-corrected chi connectivity index (χ4v) is 5.66. The van der Waals surface area contributed by atoms with Gasteiger partial charge in [0, 0.05) is 19.7 Å². The zero-order valence-corrected chi connectivity index (χ0v) is 22.7. The first-order valence-electron chi connectivity index (χ1n) is 11.8. The number of nitrogens with zero attached hydrogens (tertiary/aromatic N) is 2. The number of ether oxygens (including phenoxy) is 3. The number of pyridine rings is 1. The Hall–Kier alpha value is -2.65. The molecule has 3 atom stereocenters. The highest BCUT2D eigenvalue weighted by molar-refractivity contribution is 7.87. The van der Waals surface area contributed by atoms with Crippen molar-refractivity contribution in [3.05, 3.63) is 58.7 Å². The molecule has 1 amide bonds. The minimum Gasteiger partial charge on any atom is -0.471 e. The first-order valence-corrected chi connectivity index (χ1v) is 13.6. The van der Waals surface area contributed by atoms with Crippen LogP contribution in [0.1, 0.15) is 37.3 Å². The zero-order chi connectivity index (χ0) is 28.8. The predicted molar refractivity (Wildman–Crippen MR) is 135 cm³/mol. The van der Waals surface area contributed by atoms with Gasteiger partial charge in [-0.2, -0.15) is 30.6 Å². The number of hydrogen-bond donors (Lipinski definition) is 2. The Bertz CT molecular complexity index is 1240. The number of methoxy groups -OCH3 is 1. The Labute approximate surface area is 229 Å². The Morgan fingerprint density at radius 1 is 1.28 bits per heavy atom. The van der Waals surface area contributed by atoms with Gasteiger partial charge in [0.2, 0.25) is 5.88 Å². The standard InChI is InChI=1S/C24H29ClF3N3O7S/c1-23(37-11-10-36-2)9-8-19(20(13-23)38-21-18(25)12-17(14-29-21)24(26,27)28)30-39(34,35)31(22(32)33)15-16-6-4-3-5-7-16/h3-7,12,14,19-20,30H,8-11,13,15H2,1-2H3,(H,32,33). The van der Waals surface area contributed by atoms with Gasteiger partial charge in [-0.1, -0.05) is 41.9 Å². The van der Waals surface area contributed by atoms with Crippen LogP contribution in [0.5, 0.6) is 5.88 Å². The van der Waals surface area contributed by atoms with E-state index in [1.54, 1.807) is 37.3 Å². The van der Waals surface area contributed by atoms with Crippen molar-refractivity contribution < 1.29 is 45.7 Å². The van der Waals surface area contributed by atoms with E-state index in [1.807, 2.05) is 0 Å². The number of benzene rings is 1. The first kappa shape index (κ1) is 30.9. The van der Waals surface area contributed by atoms with Gasteiger partial charge in [-0.05, 0) is 31.4 Å². The fraction of sp³-hybridized carbons (Fsp3) is 0.500. The molecule has 10 nitrogen and oxygen atoms in total. The Kier molecular flexibility index (Phi) is 10.0. The lowest BCUT2D eigenvalue weighted by atomic mass is 9.81. The second-order valence-electron chi connectivity index (χ2n) is 9.20. The highest BCUT2D eigenvalue weighted by atomic mass is 35.5. The highest BCUT2D eigenvalue weighted by Crippen LogP contribution is 2.37. The van der Waals surface area contributed by atoms with Crippen LogP contribution in [-0.2, 0) is 32.4 Å². The molecule has 0 spiro atoms. The summed E-state index contributed by atoms with van der Waals surface area (Å²) in [6.45, 7) is 1.88. The van der Waals surface area contributed by atoms with Gasteiger partial charge in [0.15, 0.2) is 0 Å². The van der Waals surface area contributed by atoms with E-state index in [2.05, 4.69) is 9.71 Å². The van der Waals surface area contributed by atoms with E-state index in [4.69, 9.17) is 25.8 Å². The highest BCUT2D eigenvalue weighted by Gasteiger charge is 2.43. The van der Waals surface area contributed by atoms with Crippen LogP contribution in [-0.4, -0.2) is 67.0 Å². The molecule has 3 unspecified atom stereocenters. The molecular formula is C24H29ClF3N3O7S. The number of alkyl halides is 3. The van der Waals surface area contributed by atoms with Crippen LogP contribution in [0.3, 0.4) is 0 Å². The summed E-state index contributed by atoms with van der Waals surface area (Å²) < 4.78 is 85.0. The lowest BCUT2D eigenvalue weighted by Crippen LogP contribution is -2.57. The Morgan fingerprint density at radius 2 is 1.97 bits per heavy atom. The average molecular weight is 596 g/mol. The van der Waals surface area contributed by atoms with E-state index in [-0.39, 0.29) is 29.6 Å². The summed E-state index contributed by atoms with van der Waals surface area (Å²) in [6, 6.07) is 7.84. The molecule has 1 aliphatic rings. The Balaban J connectivity index is 1.87. The average Bonchev–Trinajstić information content (AvgIpc) is 2.85. The lowest BCUT2D eigenvalue weighted by Gasteiger charge is -2.42. The number of carbonyl (C=O) groups is 1. The summed E-state index contributed by atoms with van der Waals surface area (Å²) in [5.41, 5.74) is -1.44. The van der Waals surface area contributed by atoms with Crippen LogP contribution in [0.15, 0.2) is 42.6 Å². The van der Waals surface area contributed by atoms with E-state index in [0.717, 1.165) is 0 Å². The molecule has 39 heavy (non-hydrogen) atoms. The van der Waals surface area contributed by atoms with Gasteiger partial charge in [-0.3, -0.25) is 0 Å². The predicted octanol–water partition coefficient (Wildman–Crippen LogP) is 4.49. The van der Waals surface area contributed by atoms with Crippen molar-refractivity contribution in [3.63, 3.8) is 0 Å². The van der Waals surface area contributed by atoms with E-state index >= 15 is 0 Å². The number of amides is 1. The number of nitrogens with one attached hydrogen (secondary N) is 1. The number of aromatic nitrogens is 1. The van der Waals surface area contributed by atoms with E-state index in [1.165, 1.54) is 7.11 Å². The molecule has 216 valence electrons. The van der Waals surface area contributed by atoms with E-state index in [0.29, 0.717) is 30.9 Å². The number of carboxylic acid groups (broad SMARTS) is 1. The van der Waals surface area contributed by atoms with Gasteiger partial charge >= 0.3 is 22.5 Å². The third-order valence-corrected chi connectivity index (χ3v) is 7.91. The molecule has 2 aromatic rings. The van der Waals surface area contributed by atoms with Gasteiger partial charge in [0.25, 0.3) is 0 Å². The summed E-state index contributed by atoms with van der Waals surface area (Å²) >= 11 is 6.03. The van der Waals surface area contributed by atoms with Gasteiger partial charge in [-0.15, -0.1) is 0 Å². The third kappa shape index (κ3) is 8.42. The molecule has 2 N–H and O–H groups in total. The largest absolute Gasteiger partial charge is 0.471 e. The molecule has 0 radical (unpaired) electrons. The first-order chi connectivity index (χ1) is 18.2. The molecule has 3 rings (SSSR count). The molecule has 15 heteroatoms. The van der Waals surface area contributed by atoms with Crippen LogP contribution in [0.2, 0.25) is 5.02 Å². The summed E-state index contributed by atoms with van der Waals surface area (Å²) in [5.74, 6) is -0.334. The minimum absolute atomic E-state index is 0.0920. The van der Waals surface area contributed by atoms with Crippen molar-refractivity contribution >= 4 is 27.9 Å². The van der Waals surface area contributed by atoms with Crippen LogP contribution in [0, 0.1) is 0 Å².